The molecule has 0 saturated carbocycles. The van der Waals surface area contributed by atoms with Crippen molar-refractivity contribution in [2.24, 2.45) is 0 Å². The molecule has 2 N–H and O–H groups in total. The predicted octanol–water partition coefficient (Wildman–Crippen LogP) is 5.78. The molecule has 0 radical (unpaired) electrons. The SMILES string of the molecule is CCO[Si](CC)(OCC)C(CC)N(c1ccc(N)cc1)C(CC)[Si](CC)(OCC)OCC. The van der Waals surface area contributed by atoms with E-state index >= 15 is 0 Å². The lowest BCUT2D eigenvalue weighted by Gasteiger charge is -2.50. The molecule has 32 heavy (non-hydrogen) atoms. The first-order valence-corrected chi connectivity index (χ1v) is 16.8. The summed E-state index contributed by atoms with van der Waals surface area (Å²) in [5, 5.41) is 0. The average molecular weight is 485 g/mol. The number of nitrogen functional groups attached to an aromatic ring is 1. The summed E-state index contributed by atoms with van der Waals surface area (Å²) >= 11 is 0. The molecule has 0 fully saturated rings. The average Bonchev–Trinajstić information content (AvgIpc) is 2.79. The zero-order chi connectivity index (χ0) is 24.2. The molecule has 2 unspecified atom stereocenters. The van der Waals surface area contributed by atoms with Gasteiger partial charge >= 0.3 is 17.1 Å². The van der Waals surface area contributed by atoms with Crippen LogP contribution in [0.1, 0.15) is 68.2 Å². The quantitative estimate of drug-likeness (QED) is 0.223. The van der Waals surface area contributed by atoms with E-state index in [2.05, 4.69) is 72.4 Å². The summed E-state index contributed by atoms with van der Waals surface area (Å²) in [5.41, 5.74) is 8.20. The lowest BCUT2D eigenvalue weighted by Crippen LogP contribution is -2.69. The van der Waals surface area contributed by atoms with Gasteiger partial charge in [-0.1, -0.05) is 27.7 Å². The topological polar surface area (TPSA) is 66.2 Å². The van der Waals surface area contributed by atoms with Gasteiger partial charge in [-0.2, -0.15) is 0 Å². The Labute approximate surface area is 199 Å². The Morgan fingerprint density at radius 2 is 1.00 bits per heavy atom. The fourth-order valence-electron chi connectivity index (χ4n) is 4.99. The molecule has 2 atom stereocenters. The molecule has 0 amide bonds. The first kappa shape index (κ1) is 29.1. The molecule has 0 bridgehead atoms. The van der Waals surface area contributed by atoms with E-state index in [-0.39, 0.29) is 11.3 Å². The number of hydrogen-bond acceptors (Lipinski definition) is 6. The monoisotopic (exact) mass is 484 g/mol. The fourth-order valence-corrected chi connectivity index (χ4v) is 12.5. The number of nitrogens with two attached hydrogens (primary N) is 1. The normalized spacial score (nSPS) is 14.4. The van der Waals surface area contributed by atoms with E-state index in [1.165, 1.54) is 0 Å². The Bertz CT molecular complexity index is 589. The van der Waals surface area contributed by atoms with Crippen LogP contribution in [0.4, 0.5) is 11.4 Å². The molecule has 8 heteroatoms. The Hall–Kier alpha value is -0.906. The van der Waals surface area contributed by atoms with Gasteiger partial charge in [0, 0.05) is 37.8 Å². The Balaban J connectivity index is 3.79. The Morgan fingerprint density at radius 3 is 1.25 bits per heavy atom. The van der Waals surface area contributed by atoms with Crippen LogP contribution in [0.15, 0.2) is 24.3 Å². The Kier molecular flexibility index (Phi) is 13.1. The van der Waals surface area contributed by atoms with Crippen molar-refractivity contribution in [2.45, 2.75) is 91.6 Å². The summed E-state index contributed by atoms with van der Waals surface area (Å²) in [7, 11) is -5.14. The van der Waals surface area contributed by atoms with Gasteiger partial charge in [0.05, 0.1) is 11.3 Å². The van der Waals surface area contributed by atoms with Crippen LogP contribution in [-0.2, 0) is 17.7 Å². The molecule has 1 aromatic rings. The Morgan fingerprint density at radius 1 is 0.656 bits per heavy atom. The van der Waals surface area contributed by atoms with Gasteiger partial charge in [0.25, 0.3) is 0 Å². The van der Waals surface area contributed by atoms with Gasteiger partial charge < -0.3 is 28.3 Å². The molecule has 0 saturated heterocycles. The highest BCUT2D eigenvalue weighted by Crippen LogP contribution is 2.36. The van der Waals surface area contributed by atoms with Crippen LogP contribution < -0.4 is 10.6 Å². The van der Waals surface area contributed by atoms with Crippen LogP contribution in [-0.4, -0.2) is 54.9 Å². The number of nitrogens with zero attached hydrogens (tertiary/aromatic N) is 1. The first-order valence-electron chi connectivity index (χ1n) is 12.6. The summed E-state index contributed by atoms with van der Waals surface area (Å²) in [6.07, 6.45) is 1.85. The van der Waals surface area contributed by atoms with Gasteiger partial charge in [0.2, 0.25) is 0 Å². The molecular formula is C24H48N2O4Si2. The molecule has 0 heterocycles. The van der Waals surface area contributed by atoms with Crippen molar-refractivity contribution in [3.63, 3.8) is 0 Å². The van der Waals surface area contributed by atoms with E-state index in [1.54, 1.807) is 0 Å². The minimum atomic E-state index is -2.57. The summed E-state index contributed by atoms with van der Waals surface area (Å²) in [6.45, 7) is 19.8. The van der Waals surface area contributed by atoms with Crippen LogP contribution in [0.3, 0.4) is 0 Å². The zero-order valence-electron chi connectivity index (χ0n) is 21.8. The third-order valence-corrected chi connectivity index (χ3v) is 14.7. The third kappa shape index (κ3) is 6.58. The van der Waals surface area contributed by atoms with Gasteiger partial charge in [-0.15, -0.1) is 0 Å². The van der Waals surface area contributed by atoms with Crippen LogP contribution in [0.25, 0.3) is 0 Å². The second-order valence-electron chi connectivity index (χ2n) is 7.91. The highest BCUT2D eigenvalue weighted by molar-refractivity contribution is 6.72. The number of hydrogen-bond donors (Lipinski definition) is 1. The van der Waals surface area contributed by atoms with Gasteiger partial charge in [0.15, 0.2) is 0 Å². The second kappa shape index (κ2) is 14.4. The van der Waals surface area contributed by atoms with Crippen molar-refractivity contribution in [3.05, 3.63) is 24.3 Å². The summed E-state index contributed by atoms with van der Waals surface area (Å²) < 4.78 is 26.2. The molecule has 0 aliphatic heterocycles. The van der Waals surface area contributed by atoms with Gasteiger partial charge in [-0.05, 0) is 76.9 Å². The third-order valence-electron chi connectivity index (χ3n) is 6.19. The van der Waals surface area contributed by atoms with Crippen molar-refractivity contribution >= 4 is 28.5 Å². The van der Waals surface area contributed by atoms with Crippen LogP contribution >= 0.6 is 0 Å². The van der Waals surface area contributed by atoms with Crippen molar-refractivity contribution in [1.82, 2.24) is 0 Å². The zero-order valence-corrected chi connectivity index (χ0v) is 23.8. The summed E-state index contributed by atoms with van der Waals surface area (Å²) in [5.74, 6) is 0. The molecule has 6 nitrogen and oxygen atoms in total. The molecule has 1 rings (SSSR count). The van der Waals surface area contributed by atoms with Crippen molar-refractivity contribution in [2.75, 3.05) is 37.1 Å². The van der Waals surface area contributed by atoms with E-state index in [0.29, 0.717) is 26.4 Å². The predicted molar refractivity (Wildman–Crippen MR) is 140 cm³/mol. The largest absolute Gasteiger partial charge is 0.399 e. The van der Waals surface area contributed by atoms with Gasteiger partial charge in [-0.25, -0.2) is 0 Å². The summed E-state index contributed by atoms with van der Waals surface area (Å²) in [6, 6.07) is 9.99. The maximum atomic E-state index is 6.54. The smallest absolute Gasteiger partial charge is 0.361 e. The first-order chi connectivity index (χ1) is 15.4. The number of benzene rings is 1. The highest BCUT2D eigenvalue weighted by atomic mass is 28.4. The van der Waals surface area contributed by atoms with E-state index in [0.717, 1.165) is 36.3 Å². The van der Waals surface area contributed by atoms with Crippen LogP contribution in [0, 0.1) is 0 Å². The molecule has 0 aliphatic rings. The minimum absolute atomic E-state index is 0.125. The van der Waals surface area contributed by atoms with Crippen LogP contribution in [0.2, 0.25) is 12.1 Å². The molecular weight excluding hydrogens is 436 g/mol. The molecule has 0 aliphatic carbocycles. The van der Waals surface area contributed by atoms with Crippen molar-refractivity contribution < 1.29 is 17.7 Å². The molecule has 1 aromatic carbocycles. The lowest BCUT2D eigenvalue weighted by atomic mass is 10.2. The van der Waals surface area contributed by atoms with Gasteiger partial charge in [0.1, 0.15) is 0 Å². The molecule has 186 valence electrons. The maximum absolute atomic E-state index is 6.54. The van der Waals surface area contributed by atoms with E-state index in [9.17, 15) is 0 Å². The fraction of sp³-hybridized carbons (Fsp3) is 0.750. The number of rotatable bonds is 17. The standard InChI is InChI=1S/C24H48N2O4Si2/c1-9-23(31(15-7,27-11-3)28-12-4)26(22-19-17-21(25)18-20-22)24(10-2)32(16-8,29-13-5)30-14-6/h17-20,23-24H,9-16,25H2,1-8H3. The van der Waals surface area contributed by atoms with Crippen molar-refractivity contribution in [3.8, 4) is 0 Å². The highest BCUT2D eigenvalue weighted by Gasteiger charge is 2.54. The second-order valence-corrected chi connectivity index (χ2v) is 15.1. The van der Waals surface area contributed by atoms with Gasteiger partial charge in [-0.3, -0.25) is 0 Å². The maximum Gasteiger partial charge on any atom is 0.361 e. The molecule has 0 aromatic heterocycles. The molecule has 0 spiro atoms. The van der Waals surface area contributed by atoms with E-state index in [1.807, 2.05) is 12.1 Å². The van der Waals surface area contributed by atoms with Crippen molar-refractivity contribution in [1.29, 1.82) is 0 Å². The van der Waals surface area contributed by atoms with E-state index < -0.39 is 17.1 Å². The van der Waals surface area contributed by atoms with E-state index in [4.69, 9.17) is 23.4 Å². The number of anilines is 2. The van der Waals surface area contributed by atoms with Crippen LogP contribution in [0.5, 0.6) is 0 Å². The minimum Gasteiger partial charge on any atom is -0.399 e. The lowest BCUT2D eigenvalue weighted by molar-refractivity contribution is 0.160. The summed E-state index contributed by atoms with van der Waals surface area (Å²) in [4.78, 5) is 2.54.